The second-order valence-electron chi connectivity index (χ2n) is 6.45. The lowest BCUT2D eigenvalue weighted by molar-refractivity contribution is 0.0949. The molecule has 2 N–H and O–H groups in total. The molecular weight excluding hydrogens is 374 g/mol. The van der Waals surface area contributed by atoms with Crippen LogP contribution in [-0.2, 0) is 16.6 Å². The van der Waals surface area contributed by atoms with Gasteiger partial charge in [0.2, 0.25) is 0 Å². The van der Waals surface area contributed by atoms with E-state index in [0.717, 1.165) is 11.3 Å². The molecule has 0 bridgehead atoms. The van der Waals surface area contributed by atoms with Crippen LogP contribution in [0.2, 0.25) is 0 Å². The van der Waals surface area contributed by atoms with Crippen molar-refractivity contribution in [2.45, 2.75) is 25.3 Å². The van der Waals surface area contributed by atoms with Gasteiger partial charge >= 0.3 is 0 Å². The summed E-state index contributed by atoms with van der Waals surface area (Å²) in [7, 11) is -3.81. The lowest BCUT2D eigenvalue weighted by Gasteiger charge is -2.12. The van der Waals surface area contributed by atoms with E-state index in [1.54, 1.807) is 43.5 Å². The van der Waals surface area contributed by atoms with Crippen LogP contribution in [0, 0.1) is 13.8 Å². The molecule has 0 saturated heterocycles. The van der Waals surface area contributed by atoms with Crippen molar-refractivity contribution in [1.82, 2.24) is 10.3 Å². The molecule has 0 fully saturated rings. The van der Waals surface area contributed by atoms with Gasteiger partial charge in [0.1, 0.15) is 0 Å². The molecular formula is C21H21N3O3S. The number of carbonyl (C=O) groups is 1. The molecule has 0 unspecified atom stereocenters. The second kappa shape index (κ2) is 8.22. The van der Waals surface area contributed by atoms with Crippen LogP contribution in [-0.4, -0.2) is 19.3 Å². The summed E-state index contributed by atoms with van der Waals surface area (Å²) in [5.41, 5.74) is 3.21. The SMILES string of the molecule is Cc1ccc(NS(=O)(=O)c2ccc(C)c(C(=O)NCc3ccccn3)c2)cc1. The average Bonchev–Trinajstić information content (AvgIpc) is 2.69. The number of nitrogens with one attached hydrogen (secondary N) is 2. The molecule has 3 rings (SSSR count). The molecule has 2 aromatic carbocycles. The number of nitrogens with zero attached hydrogens (tertiary/aromatic N) is 1. The van der Waals surface area contributed by atoms with E-state index in [9.17, 15) is 13.2 Å². The van der Waals surface area contributed by atoms with Crippen molar-refractivity contribution in [2.24, 2.45) is 0 Å². The zero-order chi connectivity index (χ0) is 20.1. The Kier molecular flexibility index (Phi) is 5.75. The minimum atomic E-state index is -3.81. The van der Waals surface area contributed by atoms with Crippen molar-refractivity contribution < 1.29 is 13.2 Å². The van der Waals surface area contributed by atoms with Gasteiger partial charge in [-0.1, -0.05) is 29.8 Å². The Balaban J connectivity index is 1.79. The number of anilines is 1. The predicted octanol–water partition coefficient (Wildman–Crippen LogP) is 3.43. The lowest BCUT2D eigenvalue weighted by Crippen LogP contribution is -2.24. The quantitative estimate of drug-likeness (QED) is 0.669. The fraction of sp³-hybridized carbons (Fsp3) is 0.143. The maximum absolute atomic E-state index is 12.7. The van der Waals surface area contributed by atoms with Crippen molar-refractivity contribution in [2.75, 3.05) is 4.72 Å². The van der Waals surface area contributed by atoms with E-state index in [1.165, 1.54) is 12.1 Å². The Hall–Kier alpha value is -3.19. The van der Waals surface area contributed by atoms with Crippen molar-refractivity contribution in [3.8, 4) is 0 Å². The van der Waals surface area contributed by atoms with Crippen LogP contribution in [0.15, 0.2) is 71.8 Å². The normalized spacial score (nSPS) is 11.1. The summed E-state index contributed by atoms with van der Waals surface area (Å²) in [6, 6.07) is 17.0. The minimum Gasteiger partial charge on any atom is -0.346 e. The summed E-state index contributed by atoms with van der Waals surface area (Å²) in [5.74, 6) is -0.351. The number of sulfonamides is 1. The molecule has 0 aliphatic rings. The smallest absolute Gasteiger partial charge is 0.261 e. The highest BCUT2D eigenvalue weighted by Gasteiger charge is 2.18. The Morgan fingerprint density at radius 2 is 1.75 bits per heavy atom. The van der Waals surface area contributed by atoms with Crippen molar-refractivity contribution in [3.63, 3.8) is 0 Å². The van der Waals surface area contributed by atoms with Crippen LogP contribution < -0.4 is 10.0 Å². The molecule has 0 spiro atoms. The summed E-state index contributed by atoms with van der Waals surface area (Å²) in [4.78, 5) is 16.7. The topological polar surface area (TPSA) is 88.2 Å². The van der Waals surface area contributed by atoms with Crippen molar-refractivity contribution >= 4 is 21.6 Å². The largest absolute Gasteiger partial charge is 0.346 e. The zero-order valence-electron chi connectivity index (χ0n) is 15.6. The molecule has 1 amide bonds. The number of benzene rings is 2. The number of amides is 1. The van der Waals surface area contributed by atoms with Gasteiger partial charge in [0, 0.05) is 17.4 Å². The van der Waals surface area contributed by atoms with Crippen LogP contribution in [0.5, 0.6) is 0 Å². The number of carbonyl (C=O) groups excluding carboxylic acids is 1. The number of aryl methyl sites for hydroxylation is 2. The van der Waals surface area contributed by atoms with Crippen LogP contribution in [0.25, 0.3) is 0 Å². The van der Waals surface area contributed by atoms with Gasteiger partial charge < -0.3 is 5.32 Å². The number of pyridine rings is 1. The van der Waals surface area contributed by atoms with Crippen molar-refractivity contribution in [3.05, 3.63) is 89.2 Å². The van der Waals surface area contributed by atoms with Crippen LogP contribution in [0.1, 0.15) is 27.2 Å². The van der Waals surface area contributed by atoms with Gasteiger partial charge in [-0.05, 0) is 55.8 Å². The first kappa shape index (κ1) is 19.6. The van der Waals surface area contributed by atoms with Gasteiger partial charge in [-0.25, -0.2) is 8.42 Å². The molecule has 0 aliphatic carbocycles. The van der Waals surface area contributed by atoms with E-state index in [1.807, 2.05) is 25.1 Å². The van der Waals surface area contributed by atoms with Crippen LogP contribution >= 0.6 is 0 Å². The van der Waals surface area contributed by atoms with E-state index < -0.39 is 10.0 Å². The van der Waals surface area contributed by atoms with Gasteiger partial charge in [-0.2, -0.15) is 0 Å². The highest BCUT2D eigenvalue weighted by Crippen LogP contribution is 2.20. The highest BCUT2D eigenvalue weighted by atomic mass is 32.2. The Bertz CT molecular complexity index is 1080. The molecule has 6 nitrogen and oxygen atoms in total. The Labute approximate surface area is 164 Å². The molecule has 7 heteroatoms. The monoisotopic (exact) mass is 395 g/mol. The van der Waals surface area contributed by atoms with E-state index >= 15 is 0 Å². The molecule has 0 saturated carbocycles. The molecule has 28 heavy (non-hydrogen) atoms. The minimum absolute atomic E-state index is 0.0293. The Morgan fingerprint density at radius 1 is 1.00 bits per heavy atom. The summed E-state index contributed by atoms with van der Waals surface area (Å²) >= 11 is 0. The summed E-state index contributed by atoms with van der Waals surface area (Å²) in [6.45, 7) is 3.95. The van der Waals surface area contributed by atoms with Crippen molar-refractivity contribution in [1.29, 1.82) is 0 Å². The number of rotatable bonds is 6. The molecule has 0 radical (unpaired) electrons. The first-order valence-electron chi connectivity index (χ1n) is 8.73. The fourth-order valence-electron chi connectivity index (χ4n) is 2.62. The predicted molar refractivity (Wildman–Crippen MR) is 109 cm³/mol. The molecule has 0 atom stereocenters. The lowest BCUT2D eigenvalue weighted by atomic mass is 10.1. The summed E-state index contributed by atoms with van der Waals surface area (Å²) in [5, 5.41) is 2.77. The first-order chi connectivity index (χ1) is 13.3. The maximum Gasteiger partial charge on any atom is 0.261 e. The van der Waals surface area contributed by atoms with Gasteiger partial charge in [-0.15, -0.1) is 0 Å². The third-order valence-corrected chi connectivity index (χ3v) is 5.60. The first-order valence-corrected chi connectivity index (χ1v) is 10.2. The van der Waals surface area contributed by atoms with Crippen LogP contribution in [0.4, 0.5) is 5.69 Å². The zero-order valence-corrected chi connectivity index (χ0v) is 16.5. The third-order valence-electron chi connectivity index (χ3n) is 4.22. The van der Waals surface area contributed by atoms with E-state index in [4.69, 9.17) is 0 Å². The van der Waals surface area contributed by atoms with Gasteiger partial charge in [0.05, 0.1) is 17.1 Å². The number of aromatic nitrogens is 1. The van der Waals surface area contributed by atoms with E-state index in [2.05, 4.69) is 15.0 Å². The second-order valence-corrected chi connectivity index (χ2v) is 8.13. The van der Waals surface area contributed by atoms with E-state index in [0.29, 0.717) is 16.8 Å². The fourth-order valence-corrected chi connectivity index (χ4v) is 3.70. The number of hydrogen-bond donors (Lipinski definition) is 2. The maximum atomic E-state index is 12.7. The summed E-state index contributed by atoms with van der Waals surface area (Å²) < 4.78 is 27.9. The molecule has 3 aromatic rings. The standard InChI is InChI=1S/C21H21N3O3S/c1-15-6-9-17(10-7-15)24-28(26,27)19-11-8-16(2)20(13-19)21(25)23-14-18-5-3-4-12-22-18/h3-13,24H,14H2,1-2H3,(H,23,25). The summed E-state index contributed by atoms with van der Waals surface area (Å²) in [6.07, 6.45) is 1.65. The van der Waals surface area contributed by atoms with E-state index in [-0.39, 0.29) is 17.3 Å². The van der Waals surface area contributed by atoms with Gasteiger partial charge in [-0.3, -0.25) is 14.5 Å². The third kappa shape index (κ3) is 4.75. The molecule has 0 aliphatic heterocycles. The molecule has 1 heterocycles. The molecule has 1 aromatic heterocycles. The van der Waals surface area contributed by atoms with Gasteiger partial charge in [0.25, 0.3) is 15.9 Å². The number of hydrogen-bond acceptors (Lipinski definition) is 4. The highest BCUT2D eigenvalue weighted by molar-refractivity contribution is 7.92. The van der Waals surface area contributed by atoms with Crippen LogP contribution in [0.3, 0.4) is 0 Å². The van der Waals surface area contributed by atoms with Gasteiger partial charge in [0.15, 0.2) is 0 Å². The Morgan fingerprint density at radius 3 is 2.43 bits per heavy atom. The average molecular weight is 395 g/mol. The molecule has 144 valence electrons.